The van der Waals surface area contributed by atoms with Crippen molar-refractivity contribution in [1.82, 2.24) is 4.57 Å². The molecule has 9 nitrogen and oxygen atoms in total. The number of anilines is 2. The summed E-state index contributed by atoms with van der Waals surface area (Å²) in [6, 6.07) is 7.04. The van der Waals surface area contributed by atoms with Crippen LogP contribution < -0.4 is 9.80 Å². The number of allylic oxidation sites excluding steroid dienone is 2. The summed E-state index contributed by atoms with van der Waals surface area (Å²) in [5.41, 5.74) is 4.08. The molecule has 0 bridgehead atoms. The van der Waals surface area contributed by atoms with Gasteiger partial charge < -0.3 is 14.4 Å². The number of nitrogens with zero attached hydrogens (tertiary/aromatic N) is 3. The maximum atomic E-state index is 11.4. The quantitative estimate of drug-likeness (QED) is 0.185. The first-order chi connectivity index (χ1) is 20.1. The van der Waals surface area contributed by atoms with Crippen molar-refractivity contribution in [2.24, 2.45) is 0 Å². The van der Waals surface area contributed by atoms with Crippen LogP contribution in [0.1, 0.15) is 37.9 Å². The fraction of sp³-hybridized carbons (Fsp3) is 0.357. The third-order valence-corrected chi connectivity index (χ3v) is 10.2. The van der Waals surface area contributed by atoms with Gasteiger partial charge in [-0.1, -0.05) is 52.5 Å². The van der Waals surface area contributed by atoms with E-state index in [0.717, 1.165) is 39.4 Å². The van der Waals surface area contributed by atoms with E-state index >= 15 is 0 Å². The highest BCUT2D eigenvalue weighted by atomic mass is 35.5. The zero-order valence-electron chi connectivity index (χ0n) is 23.4. The van der Waals surface area contributed by atoms with E-state index in [2.05, 4.69) is 4.57 Å². The predicted molar refractivity (Wildman–Crippen MR) is 177 cm³/mol. The minimum Gasteiger partial charge on any atom is -0.341 e. The number of hydrogen-bond donors (Lipinski definition) is 2. The summed E-state index contributed by atoms with van der Waals surface area (Å²) in [6.07, 6.45) is 6.39. The largest absolute Gasteiger partial charge is 0.341 e. The lowest BCUT2D eigenvalue weighted by Crippen LogP contribution is -2.29. The SMILES string of the molecule is CCN1/C(=C\C=C\c2c(CCCS(=O)(=O)O)c3cc(Cl)c(Cl)cc3n2CC)N(CCCS(=O)(=O)O)c2cc(Cl)c(Cl)cc21. The van der Waals surface area contributed by atoms with E-state index in [1.165, 1.54) is 0 Å². The van der Waals surface area contributed by atoms with Crippen LogP contribution in [0, 0.1) is 0 Å². The van der Waals surface area contributed by atoms with Gasteiger partial charge in [0.05, 0.1) is 48.5 Å². The molecule has 2 N–H and O–H groups in total. The minimum atomic E-state index is -4.14. The zero-order valence-corrected chi connectivity index (χ0v) is 28.1. The van der Waals surface area contributed by atoms with Crippen molar-refractivity contribution in [3.05, 3.63) is 73.6 Å². The number of aromatic nitrogens is 1. The normalized spacial score (nSPS) is 15.0. The Morgan fingerprint density at radius 2 is 1.33 bits per heavy atom. The number of benzene rings is 2. The Balaban J connectivity index is 1.80. The van der Waals surface area contributed by atoms with Crippen molar-refractivity contribution < 1.29 is 25.9 Å². The highest BCUT2D eigenvalue weighted by Crippen LogP contribution is 2.45. The molecule has 0 saturated heterocycles. The lowest BCUT2D eigenvalue weighted by molar-refractivity contribution is 0.479. The van der Waals surface area contributed by atoms with Crippen molar-refractivity contribution in [1.29, 1.82) is 0 Å². The number of halogens is 4. The van der Waals surface area contributed by atoms with Crippen LogP contribution in [0.2, 0.25) is 20.1 Å². The predicted octanol–water partition coefficient (Wildman–Crippen LogP) is 7.57. The summed E-state index contributed by atoms with van der Waals surface area (Å²) in [4.78, 5) is 3.95. The molecule has 3 aromatic rings. The standard InChI is InChI=1S/C28H31Cl4N3O6S2/c1-3-33-24(18(8-6-12-42(36,37)38)19-14-20(29)21(30)15-25(19)33)9-5-10-28-34(4-2)26-16-22(31)23(32)17-27(26)35(28)11-7-13-43(39,40)41/h5,9-10,14-17H,3-4,6-8,11-13H2,1-2H3,(H,36,37,38)(H,39,40,41)/b9-5+,28-10+. The summed E-state index contributed by atoms with van der Waals surface area (Å²) in [5, 5.41) is 2.33. The monoisotopic (exact) mass is 709 g/mol. The summed E-state index contributed by atoms with van der Waals surface area (Å²) < 4.78 is 66.3. The highest BCUT2D eigenvalue weighted by molar-refractivity contribution is 7.86. The molecule has 1 aliphatic heterocycles. The molecule has 1 aromatic heterocycles. The molecule has 0 atom stereocenters. The Hall–Kier alpha value is -1.96. The van der Waals surface area contributed by atoms with Crippen LogP contribution in [0.5, 0.6) is 0 Å². The fourth-order valence-electron chi connectivity index (χ4n) is 5.39. The van der Waals surface area contributed by atoms with Crippen molar-refractivity contribution in [3.63, 3.8) is 0 Å². The maximum Gasteiger partial charge on any atom is 0.264 e. The smallest absolute Gasteiger partial charge is 0.264 e. The van der Waals surface area contributed by atoms with Crippen LogP contribution in [0.3, 0.4) is 0 Å². The average Bonchev–Trinajstić information content (AvgIpc) is 3.34. The van der Waals surface area contributed by atoms with E-state index < -0.39 is 26.0 Å². The lowest BCUT2D eigenvalue weighted by Gasteiger charge is -2.24. The van der Waals surface area contributed by atoms with Gasteiger partial charge in [0.1, 0.15) is 5.82 Å². The molecular weight excluding hydrogens is 680 g/mol. The Kier molecular flexibility index (Phi) is 10.7. The molecule has 0 unspecified atom stereocenters. The van der Waals surface area contributed by atoms with Crippen molar-refractivity contribution in [3.8, 4) is 0 Å². The van der Waals surface area contributed by atoms with E-state index in [-0.39, 0.29) is 25.1 Å². The van der Waals surface area contributed by atoms with Crippen molar-refractivity contribution >= 4 is 95.0 Å². The van der Waals surface area contributed by atoms with Crippen LogP contribution in [0.25, 0.3) is 17.0 Å². The Morgan fingerprint density at radius 1 is 0.767 bits per heavy atom. The Labute approximate surface area is 271 Å². The molecule has 4 rings (SSSR count). The van der Waals surface area contributed by atoms with Gasteiger partial charge in [0.15, 0.2) is 0 Å². The van der Waals surface area contributed by atoms with Gasteiger partial charge in [-0.05, 0) is 75.1 Å². The van der Waals surface area contributed by atoms with Crippen LogP contribution in [-0.2, 0) is 33.2 Å². The number of fused-ring (bicyclic) bond motifs is 2. The second kappa shape index (κ2) is 13.6. The first-order valence-electron chi connectivity index (χ1n) is 13.5. The van der Waals surface area contributed by atoms with Gasteiger partial charge in [-0.3, -0.25) is 9.11 Å². The molecule has 0 radical (unpaired) electrons. The van der Waals surface area contributed by atoms with Crippen LogP contribution >= 0.6 is 46.4 Å². The van der Waals surface area contributed by atoms with Crippen LogP contribution in [0.15, 0.2) is 42.2 Å². The van der Waals surface area contributed by atoms with Crippen molar-refractivity contribution in [2.75, 3.05) is 34.4 Å². The Morgan fingerprint density at radius 3 is 1.91 bits per heavy atom. The maximum absolute atomic E-state index is 11.4. The Bertz CT molecular complexity index is 1820. The van der Waals surface area contributed by atoms with Gasteiger partial charge >= 0.3 is 0 Å². The second-order valence-corrected chi connectivity index (χ2v) is 14.7. The van der Waals surface area contributed by atoms with Gasteiger partial charge in [0.2, 0.25) is 0 Å². The molecule has 0 saturated carbocycles. The molecule has 15 heteroatoms. The fourth-order valence-corrected chi connectivity index (χ4v) is 7.03. The molecule has 2 heterocycles. The van der Waals surface area contributed by atoms with Gasteiger partial charge in [-0.2, -0.15) is 16.8 Å². The number of hydrogen-bond acceptors (Lipinski definition) is 6. The molecule has 0 amide bonds. The zero-order chi connectivity index (χ0) is 31.7. The average molecular weight is 712 g/mol. The van der Waals surface area contributed by atoms with Crippen LogP contribution in [0.4, 0.5) is 11.4 Å². The molecule has 0 spiro atoms. The van der Waals surface area contributed by atoms with E-state index in [9.17, 15) is 25.9 Å². The molecular formula is C28H31Cl4N3O6S2. The van der Waals surface area contributed by atoms with Gasteiger partial charge in [0, 0.05) is 30.7 Å². The molecule has 1 aliphatic rings. The van der Waals surface area contributed by atoms with E-state index in [1.807, 2.05) is 41.9 Å². The molecule has 234 valence electrons. The third kappa shape index (κ3) is 7.83. The summed E-state index contributed by atoms with van der Waals surface area (Å²) in [7, 11) is -8.27. The number of rotatable bonds is 12. The number of aryl methyl sites for hydroxylation is 2. The summed E-state index contributed by atoms with van der Waals surface area (Å²) >= 11 is 25.4. The summed E-state index contributed by atoms with van der Waals surface area (Å²) in [6.45, 7) is 5.41. The van der Waals surface area contributed by atoms with E-state index in [1.54, 1.807) is 24.3 Å². The first kappa shape index (κ1) is 33.9. The molecule has 0 fully saturated rings. The van der Waals surface area contributed by atoms with E-state index in [0.29, 0.717) is 39.6 Å². The first-order valence-corrected chi connectivity index (χ1v) is 18.2. The molecule has 43 heavy (non-hydrogen) atoms. The minimum absolute atomic E-state index is 0.167. The van der Waals surface area contributed by atoms with E-state index in [4.69, 9.17) is 46.4 Å². The third-order valence-electron chi connectivity index (χ3n) is 7.15. The van der Waals surface area contributed by atoms with Gasteiger partial charge in [-0.15, -0.1) is 0 Å². The summed E-state index contributed by atoms with van der Waals surface area (Å²) in [5.74, 6) is -0.0295. The van der Waals surface area contributed by atoms with Gasteiger partial charge in [0.25, 0.3) is 20.2 Å². The highest BCUT2D eigenvalue weighted by Gasteiger charge is 2.31. The second-order valence-electron chi connectivity index (χ2n) is 9.96. The van der Waals surface area contributed by atoms with Crippen LogP contribution in [-0.4, -0.2) is 55.1 Å². The molecule has 0 aliphatic carbocycles. The molecule has 2 aromatic carbocycles. The van der Waals surface area contributed by atoms with Gasteiger partial charge in [-0.25, -0.2) is 0 Å². The topological polar surface area (TPSA) is 120 Å². The van der Waals surface area contributed by atoms with Crippen molar-refractivity contribution in [2.45, 2.75) is 39.7 Å². The lowest BCUT2D eigenvalue weighted by atomic mass is 10.1.